The lowest BCUT2D eigenvalue weighted by atomic mass is 10.2. The number of carbonyl (C=O) groups excluding carboxylic acids is 1. The zero-order chi connectivity index (χ0) is 18.0. The second-order valence-corrected chi connectivity index (χ2v) is 7.60. The molecule has 1 unspecified atom stereocenters. The molecule has 2 heterocycles. The smallest absolute Gasteiger partial charge is 0.261 e. The maximum atomic E-state index is 12.5. The Morgan fingerprint density at radius 2 is 2.12 bits per heavy atom. The highest BCUT2D eigenvalue weighted by molar-refractivity contribution is 8.00. The highest BCUT2D eigenvalue weighted by Gasteiger charge is 2.22. The predicted molar refractivity (Wildman–Crippen MR) is 102 cm³/mol. The van der Waals surface area contributed by atoms with Crippen molar-refractivity contribution in [3.05, 3.63) is 45.7 Å². The minimum atomic E-state index is -0.358. The molecule has 25 heavy (non-hydrogen) atoms. The third kappa shape index (κ3) is 3.74. The van der Waals surface area contributed by atoms with E-state index in [1.54, 1.807) is 19.2 Å². The van der Waals surface area contributed by atoms with Crippen LogP contribution >= 0.6 is 23.1 Å². The largest absolute Gasteiger partial charge is 0.301 e. The summed E-state index contributed by atoms with van der Waals surface area (Å²) >= 11 is 2.69. The van der Waals surface area contributed by atoms with Crippen LogP contribution in [0.1, 0.15) is 19.0 Å². The van der Waals surface area contributed by atoms with Gasteiger partial charge in [-0.1, -0.05) is 30.8 Å². The van der Waals surface area contributed by atoms with E-state index in [-0.39, 0.29) is 16.7 Å². The number of hydrogen-bond acceptors (Lipinski definition) is 6. The Kier molecular flexibility index (Phi) is 5.19. The van der Waals surface area contributed by atoms with Crippen molar-refractivity contribution < 1.29 is 4.79 Å². The minimum absolute atomic E-state index is 0.112. The highest BCUT2D eigenvalue weighted by Crippen LogP contribution is 2.26. The van der Waals surface area contributed by atoms with Crippen LogP contribution in [0.4, 0.5) is 5.13 Å². The first kappa shape index (κ1) is 17.6. The molecule has 1 N–H and O–H groups in total. The number of nitrogens with zero attached hydrogens (tertiary/aromatic N) is 3. The van der Waals surface area contributed by atoms with E-state index < -0.39 is 0 Å². The SMILES string of the molecule is CCC(Sc1nc2ccccc2c(=O)n1C)C(=O)Nc1nc(C)cs1. The van der Waals surface area contributed by atoms with Gasteiger partial charge in [-0.15, -0.1) is 11.3 Å². The third-order valence-corrected chi connectivity index (χ3v) is 5.99. The molecule has 8 heteroatoms. The quantitative estimate of drug-likeness (QED) is 0.548. The number of aryl methyl sites for hydroxylation is 1. The summed E-state index contributed by atoms with van der Waals surface area (Å²) in [5, 5.41) is 6.06. The van der Waals surface area contributed by atoms with Crippen molar-refractivity contribution in [1.29, 1.82) is 0 Å². The van der Waals surface area contributed by atoms with E-state index in [2.05, 4.69) is 15.3 Å². The molecule has 130 valence electrons. The standard InChI is InChI=1S/C17H18N4O2S2/c1-4-13(14(22)20-16-18-10(2)9-24-16)25-17-19-12-8-6-5-7-11(12)15(23)21(17)3/h5-9,13H,4H2,1-3H3,(H,18,20,22). The molecule has 1 atom stereocenters. The number of hydrogen-bond donors (Lipinski definition) is 1. The summed E-state index contributed by atoms with van der Waals surface area (Å²) in [6, 6.07) is 7.22. The van der Waals surface area contributed by atoms with Gasteiger partial charge >= 0.3 is 0 Å². The topological polar surface area (TPSA) is 76.9 Å². The van der Waals surface area contributed by atoms with Crippen LogP contribution in [0, 0.1) is 6.92 Å². The summed E-state index contributed by atoms with van der Waals surface area (Å²) in [4.78, 5) is 33.8. The summed E-state index contributed by atoms with van der Waals surface area (Å²) in [5.41, 5.74) is 1.40. The number of anilines is 1. The van der Waals surface area contributed by atoms with Crippen LogP contribution in [-0.4, -0.2) is 25.7 Å². The van der Waals surface area contributed by atoms with Crippen LogP contribution in [0.5, 0.6) is 0 Å². The van der Waals surface area contributed by atoms with E-state index in [0.29, 0.717) is 27.6 Å². The molecule has 2 aromatic heterocycles. The second kappa shape index (κ2) is 7.37. The number of aromatic nitrogens is 3. The molecule has 0 fully saturated rings. The van der Waals surface area contributed by atoms with Gasteiger partial charge in [-0.2, -0.15) is 0 Å². The van der Waals surface area contributed by atoms with Gasteiger partial charge < -0.3 is 5.32 Å². The number of rotatable bonds is 5. The van der Waals surface area contributed by atoms with E-state index in [4.69, 9.17) is 0 Å². The minimum Gasteiger partial charge on any atom is -0.301 e. The lowest BCUT2D eigenvalue weighted by Gasteiger charge is -2.15. The summed E-state index contributed by atoms with van der Waals surface area (Å²) in [6.07, 6.45) is 0.615. The van der Waals surface area contributed by atoms with Crippen molar-refractivity contribution in [3.63, 3.8) is 0 Å². The first-order chi connectivity index (χ1) is 12.0. The van der Waals surface area contributed by atoms with Crippen LogP contribution in [0.2, 0.25) is 0 Å². The molecular weight excluding hydrogens is 356 g/mol. The predicted octanol–water partition coefficient (Wildman–Crippen LogP) is 3.21. The Balaban J connectivity index is 1.86. The molecule has 0 spiro atoms. The van der Waals surface area contributed by atoms with E-state index in [9.17, 15) is 9.59 Å². The Morgan fingerprint density at radius 1 is 1.36 bits per heavy atom. The Hall–Kier alpha value is -2.19. The molecule has 1 aromatic carbocycles. The normalized spacial score (nSPS) is 12.3. The summed E-state index contributed by atoms with van der Waals surface area (Å²) < 4.78 is 1.50. The first-order valence-electron chi connectivity index (χ1n) is 7.85. The Morgan fingerprint density at radius 3 is 2.80 bits per heavy atom. The van der Waals surface area contributed by atoms with Gasteiger partial charge in [-0.05, 0) is 25.5 Å². The molecule has 0 saturated heterocycles. The third-order valence-electron chi connectivity index (χ3n) is 3.70. The van der Waals surface area contributed by atoms with Gasteiger partial charge in [0.15, 0.2) is 10.3 Å². The average Bonchev–Trinajstić information content (AvgIpc) is 3.01. The van der Waals surface area contributed by atoms with E-state index in [1.807, 2.05) is 31.4 Å². The van der Waals surface area contributed by atoms with Gasteiger partial charge in [0.2, 0.25) is 5.91 Å². The van der Waals surface area contributed by atoms with Gasteiger partial charge in [0.05, 0.1) is 21.8 Å². The van der Waals surface area contributed by atoms with Crippen molar-refractivity contribution >= 4 is 45.0 Å². The number of thiazole rings is 1. The fourth-order valence-electron chi connectivity index (χ4n) is 2.35. The van der Waals surface area contributed by atoms with Crippen LogP contribution in [0.25, 0.3) is 10.9 Å². The molecule has 1 amide bonds. The van der Waals surface area contributed by atoms with Gasteiger partial charge in [-0.3, -0.25) is 14.2 Å². The van der Waals surface area contributed by atoms with E-state index in [0.717, 1.165) is 5.69 Å². The molecule has 0 radical (unpaired) electrons. The number of benzene rings is 1. The maximum Gasteiger partial charge on any atom is 0.261 e. The van der Waals surface area contributed by atoms with Crippen LogP contribution in [0.15, 0.2) is 39.6 Å². The molecule has 0 bridgehead atoms. The van der Waals surface area contributed by atoms with Gasteiger partial charge in [0, 0.05) is 12.4 Å². The number of para-hydroxylation sites is 1. The van der Waals surface area contributed by atoms with Crippen molar-refractivity contribution in [2.45, 2.75) is 30.7 Å². The molecule has 6 nitrogen and oxygen atoms in total. The summed E-state index contributed by atoms with van der Waals surface area (Å²) in [5.74, 6) is -0.135. The lowest BCUT2D eigenvalue weighted by Crippen LogP contribution is -2.27. The molecule has 0 saturated carbocycles. The van der Waals surface area contributed by atoms with Gasteiger partial charge in [0.1, 0.15) is 0 Å². The molecule has 3 aromatic rings. The zero-order valence-electron chi connectivity index (χ0n) is 14.1. The van der Waals surface area contributed by atoms with Gasteiger partial charge in [0.25, 0.3) is 5.56 Å². The number of nitrogens with one attached hydrogen (secondary N) is 1. The Labute approximate surface area is 153 Å². The first-order valence-corrected chi connectivity index (χ1v) is 9.61. The lowest BCUT2D eigenvalue weighted by molar-refractivity contribution is -0.115. The molecule has 0 aliphatic heterocycles. The van der Waals surface area contributed by atoms with E-state index in [1.165, 1.54) is 27.7 Å². The number of carbonyl (C=O) groups is 1. The highest BCUT2D eigenvalue weighted by atomic mass is 32.2. The van der Waals surface area contributed by atoms with Crippen LogP contribution < -0.4 is 10.9 Å². The molecular formula is C17H18N4O2S2. The second-order valence-electron chi connectivity index (χ2n) is 5.57. The molecule has 0 aliphatic rings. The number of thioether (sulfide) groups is 1. The molecule has 0 aliphatic carbocycles. The number of amides is 1. The fourth-order valence-corrected chi connectivity index (χ4v) is 4.02. The van der Waals surface area contributed by atoms with Crippen molar-refractivity contribution in [2.75, 3.05) is 5.32 Å². The monoisotopic (exact) mass is 374 g/mol. The fraction of sp³-hybridized carbons (Fsp3) is 0.294. The van der Waals surface area contributed by atoms with Crippen LogP contribution in [0.3, 0.4) is 0 Å². The summed E-state index contributed by atoms with van der Waals surface area (Å²) in [6.45, 7) is 3.82. The van der Waals surface area contributed by atoms with Crippen LogP contribution in [-0.2, 0) is 11.8 Å². The summed E-state index contributed by atoms with van der Waals surface area (Å²) in [7, 11) is 1.68. The van der Waals surface area contributed by atoms with Crippen molar-refractivity contribution in [1.82, 2.24) is 14.5 Å². The molecule has 3 rings (SSSR count). The Bertz CT molecular complexity index is 980. The number of fused-ring (bicyclic) bond motifs is 1. The average molecular weight is 374 g/mol. The zero-order valence-corrected chi connectivity index (χ0v) is 15.8. The van der Waals surface area contributed by atoms with Crippen molar-refractivity contribution in [2.24, 2.45) is 7.05 Å². The van der Waals surface area contributed by atoms with Crippen molar-refractivity contribution in [3.8, 4) is 0 Å². The maximum absolute atomic E-state index is 12.5. The van der Waals surface area contributed by atoms with E-state index >= 15 is 0 Å². The van der Waals surface area contributed by atoms with Gasteiger partial charge in [-0.25, -0.2) is 9.97 Å².